The fraction of sp³-hybridized carbons (Fsp3) is 0.208. The van der Waals surface area contributed by atoms with Gasteiger partial charge in [0.05, 0.1) is 16.1 Å². The molecule has 152 valence electrons. The second-order valence-corrected chi connectivity index (χ2v) is 9.15. The summed E-state index contributed by atoms with van der Waals surface area (Å²) in [6.45, 7) is 6.35. The molecule has 0 fully saturated rings. The lowest BCUT2D eigenvalue weighted by Gasteiger charge is -2.27. The van der Waals surface area contributed by atoms with E-state index in [9.17, 15) is 14.7 Å². The van der Waals surface area contributed by atoms with Crippen LogP contribution in [0.15, 0.2) is 77.5 Å². The number of hydrogen-bond acceptors (Lipinski definition) is 5. The van der Waals surface area contributed by atoms with E-state index in [1.54, 1.807) is 41.9 Å². The Bertz CT molecular complexity index is 1110. The molecule has 30 heavy (non-hydrogen) atoms. The first-order chi connectivity index (χ1) is 14.3. The molecule has 4 rings (SSSR count). The molecule has 6 heteroatoms. The van der Waals surface area contributed by atoms with Crippen LogP contribution in [0.3, 0.4) is 0 Å². The maximum Gasteiger partial charge on any atom is 0.294 e. The molecule has 0 spiro atoms. The zero-order valence-electron chi connectivity index (χ0n) is 17.0. The first-order valence-electron chi connectivity index (χ1n) is 9.65. The molecule has 5 nitrogen and oxygen atoms in total. The second kappa shape index (κ2) is 7.54. The fourth-order valence-electron chi connectivity index (χ4n) is 3.58. The summed E-state index contributed by atoms with van der Waals surface area (Å²) < 4.78 is 0. The minimum absolute atomic E-state index is 0.0331. The lowest BCUT2D eigenvalue weighted by molar-refractivity contribution is -0.117. The summed E-state index contributed by atoms with van der Waals surface area (Å²) in [5.41, 5.74) is 2.27. The van der Waals surface area contributed by atoms with E-state index >= 15 is 0 Å². The predicted molar refractivity (Wildman–Crippen MR) is 118 cm³/mol. The predicted octanol–water partition coefficient (Wildman–Crippen LogP) is 5.22. The van der Waals surface area contributed by atoms with Gasteiger partial charge in [0, 0.05) is 11.9 Å². The van der Waals surface area contributed by atoms with Gasteiger partial charge in [-0.3, -0.25) is 19.5 Å². The van der Waals surface area contributed by atoms with Crippen LogP contribution in [0.4, 0.5) is 5.69 Å². The zero-order chi connectivity index (χ0) is 21.5. The van der Waals surface area contributed by atoms with E-state index in [0.29, 0.717) is 16.3 Å². The Kier molecular flexibility index (Phi) is 5.03. The Morgan fingerprint density at radius 2 is 1.80 bits per heavy atom. The topological polar surface area (TPSA) is 70.5 Å². The molecule has 1 atom stereocenters. The second-order valence-electron chi connectivity index (χ2n) is 8.20. The number of thiophene rings is 1. The van der Waals surface area contributed by atoms with Gasteiger partial charge >= 0.3 is 0 Å². The number of pyridine rings is 1. The number of benzene rings is 1. The summed E-state index contributed by atoms with van der Waals surface area (Å²) >= 11 is 1.28. The molecule has 0 radical (unpaired) electrons. The monoisotopic (exact) mass is 418 g/mol. The summed E-state index contributed by atoms with van der Waals surface area (Å²) in [4.78, 5) is 32.6. The molecule has 1 aromatic carbocycles. The van der Waals surface area contributed by atoms with Crippen LogP contribution in [-0.2, 0) is 10.2 Å². The van der Waals surface area contributed by atoms with Crippen LogP contribution >= 0.6 is 11.3 Å². The zero-order valence-corrected chi connectivity index (χ0v) is 17.8. The highest BCUT2D eigenvalue weighted by Crippen LogP contribution is 2.42. The largest absolute Gasteiger partial charge is 0.503 e. The smallest absolute Gasteiger partial charge is 0.294 e. The normalized spacial score (nSPS) is 17.0. The van der Waals surface area contributed by atoms with Gasteiger partial charge in [0.1, 0.15) is 6.04 Å². The molecule has 1 N–H and O–H groups in total. The number of hydrogen-bond donors (Lipinski definition) is 1. The number of Topliss-reactive ketones (excluding diaryl/α,β-unsaturated/α-hetero) is 1. The fourth-order valence-corrected chi connectivity index (χ4v) is 4.26. The molecule has 3 heterocycles. The van der Waals surface area contributed by atoms with E-state index in [-0.39, 0.29) is 16.8 Å². The van der Waals surface area contributed by atoms with Crippen LogP contribution < -0.4 is 4.90 Å². The van der Waals surface area contributed by atoms with Crippen molar-refractivity contribution in [1.82, 2.24) is 4.98 Å². The summed E-state index contributed by atoms with van der Waals surface area (Å²) in [5.74, 6) is -1.49. The number of anilines is 1. The van der Waals surface area contributed by atoms with E-state index in [1.807, 2.05) is 24.3 Å². The van der Waals surface area contributed by atoms with E-state index < -0.39 is 17.7 Å². The minimum Gasteiger partial charge on any atom is -0.503 e. The Morgan fingerprint density at radius 3 is 2.37 bits per heavy atom. The molecule has 2 aromatic heterocycles. The lowest BCUT2D eigenvalue weighted by Crippen LogP contribution is -2.31. The first-order valence-corrected chi connectivity index (χ1v) is 10.5. The third kappa shape index (κ3) is 3.44. The lowest BCUT2D eigenvalue weighted by atomic mass is 9.87. The van der Waals surface area contributed by atoms with Crippen molar-refractivity contribution < 1.29 is 14.7 Å². The summed E-state index contributed by atoms with van der Waals surface area (Å²) in [5, 5.41) is 12.5. The van der Waals surface area contributed by atoms with Crippen LogP contribution in [0, 0.1) is 0 Å². The highest BCUT2D eigenvalue weighted by atomic mass is 32.1. The van der Waals surface area contributed by atoms with E-state index in [1.165, 1.54) is 16.2 Å². The summed E-state index contributed by atoms with van der Waals surface area (Å²) in [7, 11) is 0. The molecule has 1 amide bonds. The Morgan fingerprint density at radius 1 is 1.07 bits per heavy atom. The van der Waals surface area contributed by atoms with Crippen molar-refractivity contribution in [1.29, 1.82) is 0 Å². The van der Waals surface area contributed by atoms with Crippen molar-refractivity contribution in [3.63, 3.8) is 0 Å². The van der Waals surface area contributed by atoms with Gasteiger partial charge < -0.3 is 5.11 Å². The van der Waals surface area contributed by atoms with Crippen LogP contribution in [-0.4, -0.2) is 21.8 Å². The van der Waals surface area contributed by atoms with Crippen LogP contribution in [0.5, 0.6) is 0 Å². The van der Waals surface area contributed by atoms with E-state index in [2.05, 4.69) is 25.8 Å². The summed E-state index contributed by atoms with van der Waals surface area (Å²) in [6, 6.07) is 15.6. The minimum atomic E-state index is -0.797. The number of carbonyl (C=O) groups excluding carboxylic acids is 2. The van der Waals surface area contributed by atoms with E-state index in [0.717, 1.165) is 5.56 Å². The number of amides is 1. The molecule has 0 bridgehead atoms. The number of rotatable bonds is 4. The van der Waals surface area contributed by atoms with Gasteiger partial charge in [-0.05, 0) is 46.7 Å². The molecule has 1 aliphatic heterocycles. The molecular weight excluding hydrogens is 396 g/mol. The number of ketones is 1. The molecule has 0 aliphatic carbocycles. The Labute approximate surface area is 179 Å². The molecule has 0 saturated carbocycles. The molecule has 1 unspecified atom stereocenters. The first kappa shape index (κ1) is 20.0. The van der Waals surface area contributed by atoms with Gasteiger partial charge in [-0.2, -0.15) is 0 Å². The number of nitrogens with zero attached hydrogens (tertiary/aromatic N) is 2. The van der Waals surface area contributed by atoms with Crippen molar-refractivity contribution in [2.45, 2.75) is 32.2 Å². The maximum absolute atomic E-state index is 13.2. The van der Waals surface area contributed by atoms with E-state index in [4.69, 9.17) is 0 Å². The van der Waals surface area contributed by atoms with Gasteiger partial charge in [0.25, 0.3) is 5.91 Å². The SMILES string of the molecule is CC(C)(C)c1ccc(N2C(=O)C(O)=C(C(=O)c3cccs3)C2c2ccccn2)cc1. The van der Waals surface area contributed by atoms with Crippen molar-refractivity contribution in [2.75, 3.05) is 4.90 Å². The number of aliphatic hydroxyl groups is 1. The average Bonchev–Trinajstić information content (AvgIpc) is 3.35. The van der Waals surface area contributed by atoms with Crippen LogP contribution in [0.25, 0.3) is 0 Å². The van der Waals surface area contributed by atoms with Gasteiger partial charge in [0.2, 0.25) is 5.78 Å². The Balaban J connectivity index is 1.83. The van der Waals surface area contributed by atoms with Crippen molar-refractivity contribution in [2.24, 2.45) is 0 Å². The third-order valence-corrected chi connectivity index (χ3v) is 6.05. The number of carbonyl (C=O) groups is 2. The van der Waals surface area contributed by atoms with Crippen LogP contribution in [0.1, 0.15) is 47.7 Å². The van der Waals surface area contributed by atoms with Crippen molar-refractivity contribution >= 4 is 28.7 Å². The third-order valence-electron chi connectivity index (χ3n) is 5.18. The van der Waals surface area contributed by atoms with Gasteiger partial charge in [-0.15, -0.1) is 11.3 Å². The van der Waals surface area contributed by atoms with Crippen molar-refractivity contribution in [3.8, 4) is 0 Å². The summed E-state index contributed by atoms with van der Waals surface area (Å²) in [6.07, 6.45) is 1.61. The van der Waals surface area contributed by atoms with Gasteiger partial charge in [0.15, 0.2) is 5.76 Å². The molecular formula is C24H22N2O3S. The highest BCUT2D eigenvalue weighted by Gasteiger charge is 2.45. The molecule has 3 aromatic rings. The van der Waals surface area contributed by atoms with Gasteiger partial charge in [-0.25, -0.2) is 0 Å². The maximum atomic E-state index is 13.2. The quantitative estimate of drug-likeness (QED) is 0.590. The molecule has 1 aliphatic rings. The van der Waals surface area contributed by atoms with Crippen LogP contribution in [0.2, 0.25) is 0 Å². The average molecular weight is 419 g/mol. The molecule has 0 saturated heterocycles. The number of aromatic nitrogens is 1. The Hall–Kier alpha value is -3.25. The van der Waals surface area contributed by atoms with Crippen molar-refractivity contribution in [3.05, 3.63) is 93.6 Å². The van der Waals surface area contributed by atoms with Gasteiger partial charge in [-0.1, -0.05) is 45.0 Å². The number of aliphatic hydroxyl groups excluding tert-OH is 1. The highest BCUT2D eigenvalue weighted by molar-refractivity contribution is 7.12. The standard InChI is InChI=1S/C24H22N2O3S/c1-24(2,3)15-9-11-16(12-10-15)26-20(17-7-4-5-13-25-17)19(22(28)23(26)29)21(27)18-8-6-14-30-18/h4-14,20,28H,1-3H3.